The van der Waals surface area contributed by atoms with Crippen molar-refractivity contribution in [3.63, 3.8) is 0 Å². The molecule has 1 unspecified atom stereocenters. The Bertz CT molecular complexity index is 418. The minimum Gasteiger partial charge on any atom is -0.390 e. The van der Waals surface area contributed by atoms with Gasteiger partial charge in [0.2, 0.25) is 0 Å². The number of aliphatic hydroxyl groups is 1. The van der Waals surface area contributed by atoms with Crippen LogP contribution in [0.1, 0.15) is 66.7 Å². The fourth-order valence-corrected chi connectivity index (χ4v) is 4.55. The van der Waals surface area contributed by atoms with Crippen LogP contribution >= 0.6 is 0 Å². The average Bonchev–Trinajstić information content (AvgIpc) is 2.73. The van der Waals surface area contributed by atoms with E-state index in [0.29, 0.717) is 23.5 Å². The van der Waals surface area contributed by atoms with Gasteiger partial charge in [0.15, 0.2) is 0 Å². The molecule has 0 aromatic rings. The molecule has 0 aliphatic heterocycles. The number of hydrogen-bond donors (Lipinski definition) is 1. The molecule has 2 aliphatic rings. The Morgan fingerprint density at radius 3 is 2.57 bits per heavy atom. The van der Waals surface area contributed by atoms with Crippen LogP contribution in [0.2, 0.25) is 0 Å². The van der Waals surface area contributed by atoms with Crippen LogP contribution in [0.3, 0.4) is 0 Å². The molecule has 21 heavy (non-hydrogen) atoms. The number of carbonyl (C=O) groups excluding carboxylic acids is 1. The van der Waals surface area contributed by atoms with Crippen LogP contribution in [-0.4, -0.2) is 16.5 Å². The van der Waals surface area contributed by atoms with Gasteiger partial charge >= 0.3 is 0 Å². The standard InChI is InChI=1S/C19H32O2/c1-13(8-9-14(2)18(3,4)21)15-10-11-16-17(20)7-6-12-19(15,16)5/h8-9,13-16,21H,6-7,10-12H2,1-5H3/b9-8-/t13-,14?,15-,16+,19-/m1/s1. The predicted octanol–water partition coefficient (Wildman–Crippen LogP) is 4.37. The lowest BCUT2D eigenvalue weighted by atomic mass is 9.62. The second kappa shape index (κ2) is 5.87. The Morgan fingerprint density at radius 2 is 1.95 bits per heavy atom. The summed E-state index contributed by atoms with van der Waals surface area (Å²) in [4.78, 5) is 12.2. The number of carbonyl (C=O) groups is 1. The van der Waals surface area contributed by atoms with Gasteiger partial charge in [-0.3, -0.25) is 4.79 Å². The maximum atomic E-state index is 12.2. The third kappa shape index (κ3) is 3.26. The van der Waals surface area contributed by atoms with E-state index in [1.54, 1.807) is 0 Å². The van der Waals surface area contributed by atoms with Gasteiger partial charge in [-0.2, -0.15) is 0 Å². The van der Waals surface area contributed by atoms with E-state index in [2.05, 4.69) is 32.9 Å². The molecular formula is C19H32O2. The van der Waals surface area contributed by atoms with Gasteiger partial charge in [0.05, 0.1) is 5.60 Å². The van der Waals surface area contributed by atoms with E-state index in [9.17, 15) is 9.90 Å². The monoisotopic (exact) mass is 292 g/mol. The summed E-state index contributed by atoms with van der Waals surface area (Å²) in [6, 6.07) is 0. The number of Topliss-reactive ketones (excluding diaryl/α,β-unsaturated/α-hetero) is 1. The van der Waals surface area contributed by atoms with Crippen LogP contribution in [0, 0.1) is 29.1 Å². The minimum atomic E-state index is -0.668. The molecule has 1 N–H and O–H groups in total. The summed E-state index contributed by atoms with van der Waals surface area (Å²) >= 11 is 0. The molecule has 2 saturated carbocycles. The molecule has 2 nitrogen and oxygen atoms in total. The highest BCUT2D eigenvalue weighted by Gasteiger charge is 2.51. The number of fused-ring (bicyclic) bond motifs is 1. The molecular weight excluding hydrogens is 260 g/mol. The number of rotatable bonds is 4. The number of ketones is 1. The predicted molar refractivity (Wildman–Crippen MR) is 86.9 cm³/mol. The Balaban J connectivity index is 2.08. The maximum Gasteiger partial charge on any atom is 0.136 e. The van der Waals surface area contributed by atoms with Crippen molar-refractivity contribution in [3.8, 4) is 0 Å². The van der Waals surface area contributed by atoms with Crippen molar-refractivity contribution >= 4 is 5.78 Å². The SMILES string of the molecule is CC(/C=C\[C@@H](C)[C@H]1CC[C@H]2C(=O)CCC[C@]12C)C(C)(C)O. The van der Waals surface area contributed by atoms with Gasteiger partial charge in [0, 0.05) is 18.3 Å². The van der Waals surface area contributed by atoms with E-state index in [-0.39, 0.29) is 11.3 Å². The quantitative estimate of drug-likeness (QED) is 0.781. The molecule has 2 rings (SSSR count). The molecule has 0 bridgehead atoms. The van der Waals surface area contributed by atoms with Crippen molar-refractivity contribution < 1.29 is 9.90 Å². The molecule has 2 fully saturated rings. The van der Waals surface area contributed by atoms with Gasteiger partial charge in [-0.05, 0) is 56.8 Å². The van der Waals surface area contributed by atoms with Crippen LogP contribution < -0.4 is 0 Å². The maximum absolute atomic E-state index is 12.2. The lowest BCUT2D eigenvalue weighted by molar-refractivity contribution is -0.129. The molecule has 5 atom stereocenters. The van der Waals surface area contributed by atoms with E-state index in [1.165, 1.54) is 12.8 Å². The lowest BCUT2D eigenvalue weighted by Gasteiger charge is -2.41. The molecule has 2 heteroatoms. The van der Waals surface area contributed by atoms with Crippen molar-refractivity contribution in [2.75, 3.05) is 0 Å². The highest BCUT2D eigenvalue weighted by Crippen LogP contribution is 2.56. The molecule has 0 spiro atoms. The van der Waals surface area contributed by atoms with Gasteiger partial charge in [-0.1, -0.05) is 32.9 Å². The van der Waals surface area contributed by atoms with Crippen molar-refractivity contribution in [1.29, 1.82) is 0 Å². The van der Waals surface area contributed by atoms with E-state index >= 15 is 0 Å². The van der Waals surface area contributed by atoms with Gasteiger partial charge in [-0.15, -0.1) is 0 Å². The highest BCUT2D eigenvalue weighted by molar-refractivity contribution is 5.83. The topological polar surface area (TPSA) is 37.3 Å². The van der Waals surface area contributed by atoms with Crippen LogP contribution in [0.15, 0.2) is 12.2 Å². The van der Waals surface area contributed by atoms with Crippen molar-refractivity contribution in [1.82, 2.24) is 0 Å². The van der Waals surface area contributed by atoms with E-state index in [0.717, 1.165) is 19.3 Å². The first-order valence-corrected chi connectivity index (χ1v) is 8.59. The minimum absolute atomic E-state index is 0.151. The summed E-state index contributed by atoms with van der Waals surface area (Å²) in [6.45, 7) is 10.4. The normalized spacial score (nSPS) is 36.8. The zero-order chi connectivity index (χ0) is 15.8. The fraction of sp³-hybridized carbons (Fsp3) is 0.842. The zero-order valence-corrected chi connectivity index (χ0v) is 14.4. The lowest BCUT2D eigenvalue weighted by Crippen LogP contribution is -2.39. The van der Waals surface area contributed by atoms with Crippen molar-refractivity contribution in [2.24, 2.45) is 29.1 Å². The van der Waals surface area contributed by atoms with E-state index in [1.807, 2.05) is 13.8 Å². The molecule has 0 saturated heterocycles. The fourth-order valence-electron chi connectivity index (χ4n) is 4.55. The van der Waals surface area contributed by atoms with Gasteiger partial charge < -0.3 is 5.11 Å². The number of hydrogen-bond acceptors (Lipinski definition) is 2. The first-order valence-electron chi connectivity index (χ1n) is 8.59. The first kappa shape index (κ1) is 16.7. The molecule has 0 aromatic heterocycles. The Labute approximate surface area is 130 Å². The second-order valence-electron chi connectivity index (χ2n) is 8.25. The molecule has 0 aromatic carbocycles. The summed E-state index contributed by atoms with van der Waals surface area (Å²) in [7, 11) is 0. The summed E-state index contributed by atoms with van der Waals surface area (Å²) in [5.74, 6) is 2.05. The summed E-state index contributed by atoms with van der Waals surface area (Å²) in [6.07, 6.45) is 9.76. The molecule has 0 heterocycles. The highest BCUT2D eigenvalue weighted by atomic mass is 16.3. The number of allylic oxidation sites excluding steroid dienone is 1. The molecule has 2 aliphatic carbocycles. The van der Waals surface area contributed by atoms with Gasteiger partial charge in [0.25, 0.3) is 0 Å². The molecule has 120 valence electrons. The summed E-state index contributed by atoms with van der Waals surface area (Å²) < 4.78 is 0. The van der Waals surface area contributed by atoms with Gasteiger partial charge in [-0.25, -0.2) is 0 Å². The van der Waals surface area contributed by atoms with Gasteiger partial charge in [0.1, 0.15) is 5.78 Å². The molecule has 0 radical (unpaired) electrons. The van der Waals surface area contributed by atoms with Crippen LogP contribution in [0.4, 0.5) is 0 Å². The van der Waals surface area contributed by atoms with Crippen molar-refractivity contribution in [3.05, 3.63) is 12.2 Å². The van der Waals surface area contributed by atoms with E-state index in [4.69, 9.17) is 0 Å². The van der Waals surface area contributed by atoms with Crippen molar-refractivity contribution in [2.45, 2.75) is 72.3 Å². The summed E-state index contributed by atoms with van der Waals surface area (Å²) in [5, 5.41) is 10.0. The van der Waals surface area contributed by atoms with Crippen LogP contribution in [-0.2, 0) is 4.79 Å². The van der Waals surface area contributed by atoms with Crippen LogP contribution in [0.25, 0.3) is 0 Å². The molecule has 0 amide bonds. The van der Waals surface area contributed by atoms with E-state index < -0.39 is 5.60 Å². The first-order chi connectivity index (χ1) is 9.66. The Morgan fingerprint density at radius 1 is 1.29 bits per heavy atom. The zero-order valence-electron chi connectivity index (χ0n) is 14.4. The smallest absolute Gasteiger partial charge is 0.136 e. The average molecular weight is 292 g/mol. The van der Waals surface area contributed by atoms with Crippen LogP contribution in [0.5, 0.6) is 0 Å². The second-order valence-corrected chi connectivity index (χ2v) is 8.25. The Hall–Kier alpha value is -0.630. The third-order valence-corrected chi connectivity index (χ3v) is 6.39. The third-order valence-electron chi connectivity index (χ3n) is 6.39. The summed E-state index contributed by atoms with van der Waals surface area (Å²) in [5.41, 5.74) is -0.462. The largest absolute Gasteiger partial charge is 0.390 e. The Kier molecular flexibility index (Phi) is 4.68.